The monoisotopic (exact) mass is 600 g/mol. The molecule has 6 aromatic rings. The van der Waals surface area contributed by atoms with Gasteiger partial charge in [0.2, 0.25) is 0 Å². The number of aromatic amines is 4. The van der Waals surface area contributed by atoms with Crippen LogP contribution in [-0.4, -0.2) is 19.9 Å². The van der Waals surface area contributed by atoms with Crippen LogP contribution >= 0.6 is 0 Å². The minimum atomic E-state index is -0.488. The Morgan fingerprint density at radius 3 is 0.848 bits per heavy atom. The maximum atomic E-state index is 5.73. The van der Waals surface area contributed by atoms with Gasteiger partial charge in [-0.1, -0.05) is 36.1 Å². The fraction of sp³-hybridized carbons (Fsp3) is 0.238. The molecule has 4 N–H and O–H groups in total. The minimum absolute atomic E-state index is 0.334. The quantitative estimate of drug-likeness (QED) is 0.144. The number of terminal acetylenes is 2. The zero-order valence-electron chi connectivity index (χ0n) is 27.4. The SMILES string of the molecule is C#Cc1ccc(C2(C)c3ccc([nH]3)C(C)(C)c3ccc([nH]3)C(C)(c3ccc(C#C)cc3)c3ccc([nH]3)C(C)(C)c3ccc2[nH]3)cc1. The van der Waals surface area contributed by atoms with Crippen molar-refractivity contribution in [1.82, 2.24) is 19.9 Å². The summed E-state index contributed by atoms with van der Waals surface area (Å²) in [6, 6.07) is 34.5. The Balaban J connectivity index is 1.48. The summed E-state index contributed by atoms with van der Waals surface area (Å²) in [5, 5.41) is 0. The molecular formula is C42H40N4. The van der Waals surface area contributed by atoms with E-state index in [9.17, 15) is 0 Å². The summed E-state index contributed by atoms with van der Waals surface area (Å²) < 4.78 is 0. The highest BCUT2D eigenvalue weighted by Crippen LogP contribution is 2.44. The lowest BCUT2D eigenvalue weighted by atomic mass is 9.76. The summed E-state index contributed by atoms with van der Waals surface area (Å²) in [6.07, 6.45) is 11.5. The van der Waals surface area contributed by atoms with E-state index in [-0.39, 0.29) is 10.8 Å². The lowest BCUT2D eigenvalue weighted by Crippen LogP contribution is -2.29. The number of hydrogen-bond donors (Lipinski definition) is 4. The van der Waals surface area contributed by atoms with Crippen molar-refractivity contribution in [2.24, 2.45) is 0 Å². The number of benzene rings is 2. The van der Waals surface area contributed by atoms with Crippen molar-refractivity contribution in [3.05, 3.63) is 165 Å². The van der Waals surface area contributed by atoms with Crippen molar-refractivity contribution < 1.29 is 0 Å². The lowest BCUT2D eigenvalue weighted by molar-refractivity contribution is 0.563. The molecule has 0 spiro atoms. The second-order valence-corrected chi connectivity index (χ2v) is 14.1. The molecule has 46 heavy (non-hydrogen) atoms. The van der Waals surface area contributed by atoms with Gasteiger partial charge in [-0.25, -0.2) is 0 Å². The molecule has 7 rings (SSSR count). The lowest BCUT2D eigenvalue weighted by Gasteiger charge is -2.32. The molecule has 4 nitrogen and oxygen atoms in total. The highest BCUT2D eigenvalue weighted by Gasteiger charge is 2.40. The topological polar surface area (TPSA) is 63.2 Å². The molecule has 0 saturated carbocycles. The van der Waals surface area contributed by atoms with Crippen LogP contribution in [0.4, 0.5) is 0 Å². The Morgan fingerprint density at radius 1 is 0.370 bits per heavy atom. The molecule has 1 aliphatic rings. The second kappa shape index (κ2) is 10.1. The van der Waals surface area contributed by atoms with Gasteiger partial charge in [0.1, 0.15) is 0 Å². The highest BCUT2D eigenvalue weighted by molar-refractivity contribution is 5.53. The number of aromatic nitrogens is 4. The average Bonchev–Trinajstić information content (AvgIpc) is 3.90. The number of nitrogens with one attached hydrogen (secondary N) is 4. The zero-order chi connectivity index (χ0) is 32.5. The van der Waals surface area contributed by atoms with E-state index in [4.69, 9.17) is 12.8 Å². The van der Waals surface area contributed by atoms with Gasteiger partial charge in [0.25, 0.3) is 0 Å². The van der Waals surface area contributed by atoms with Crippen molar-refractivity contribution in [2.45, 2.75) is 63.2 Å². The molecule has 2 aromatic carbocycles. The van der Waals surface area contributed by atoms with Gasteiger partial charge in [-0.15, -0.1) is 12.8 Å². The van der Waals surface area contributed by atoms with E-state index >= 15 is 0 Å². The minimum Gasteiger partial charge on any atom is -0.360 e. The third kappa shape index (κ3) is 4.18. The normalized spacial score (nSPS) is 21.3. The summed E-state index contributed by atoms with van der Waals surface area (Å²) in [5.74, 6) is 5.53. The molecular weight excluding hydrogens is 560 g/mol. The van der Waals surface area contributed by atoms with E-state index < -0.39 is 10.8 Å². The summed E-state index contributed by atoms with van der Waals surface area (Å²) >= 11 is 0. The zero-order valence-corrected chi connectivity index (χ0v) is 27.4. The molecule has 4 aromatic heterocycles. The summed E-state index contributed by atoms with van der Waals surface area (Å²) in [5.41, 5.74) is 11.3. The molecule has 8 bridgehead atoms. The van der Waals surface area contributed by atoms with Crippen LogP contribution in [0.5, 0.6) is 0 Å². The Labute approximate surface area is 272 Å². The average molecular weight is 601 g/mol. The van der Waals surface area contributed by atoms with Gasteiger partial charge in [0, 0.05) is 67.5 Å². The number of hydrogen-bond acceptors (Lipinski definition) is 0. The fourth-order valence-electron chi connectivity index (χ4n) is 7.21. The van der Waals surface area contributed by atoms with Gasteiger partial charge in [0.05, 0.1) is 10.8 Å². The van der Waals surface area contributed by atoms with Crippen LogP contribution in [0.3, 0.4) is 0 Å². The van der Waals surface area contributed by atoms with E-state index in [0.717, 1.165) is 67.8 Å². The van der Waals surface area contributed by atoms with E-state index in [0.29, 0.717) is 0 Å². The van der Waals surface area contributed by atoms with Crippen LogP contribution in [0.25, 0.3) is 0 Å². The van der Waals surface area contributed by atoms with Crippen LogP contribution in [0.1, 0.15) is 109 Å². The summed E-state index contributed by atoms with van der Waals surface area (Å²) in [4.78, 5) is 15.5. The Bertz CT molecular complexity index is 1890. The van der Waals surface area contributed by atoms with E-state index in [1.54, 1.807) is 0 Å². The highest BCUT2D eigenvalue weighted by atomic mass is 14.9. The standard InChI is InChI=1S/C42H40N4/c1-9-27-11-15-29(16-12-27)41(7)35-23-19-31(43-35)39(3,4)33-21-25-37(45-33)42(8,30-17-13-28(10-2)14-18-30)38-26-22-34(46-38)40(5,6)32-20-24-36(41)44-32/h1-2,11-26,43-46H,3-8H3. The first kappa shape index (κ1) is 29.4. The van der Waals surface area contributed by atoms with Crippen LogP contribution in [0, 0.1) is 24.7 Å². The largest absolute Gasteiger partial charge is 0.360 e. The smallest absolute Gasteiger partial charge is 0.0723 e. The third-order valence-electron chi connectivity index (χ3n) is 10.8. The van der Waals surface area contributed by atoms with Crippen LogP contribution in [0.2, 0.25) is 0 Å². The van der Waals surface area contributed by atoms with E-state index in [1.165, 1.54) is 0 Å². The Morgan fingerprint density at radius 2 is 0.609 bits per heavy atom. The van der Waals surface area contributed by atoms with Gasteiger partial charge in [-0.3, -0.25) is 0 Å². The van der Waals surface area contributed by atoms with Gasteiger partial charge in [-0.05, 0) is 125 Å². The van der Waals surface area contributed by atoms with Crippen molar-refractivity contribution in [3.63, 3.8) is 0 Å². The Kier molecular flexibility index (Phi) is 6.45. The summed E-state index contributed by atoms with van der Waals surface area (Å²) in [6.45, 7) is 13.6. The van der Waals surface area contributed by atoms with Crippen molar-refractivity contribution >= 4 is 0 Å². The molecule has 4 heteroatoms. The van der Waals surface area contributed by atoms with E-state index in [1.807, 2.05) is 24.3 Å². The van der Waals surface area contributed by atoms with Crippen LogP contribution in [0.15, 0.2) is 97.1 Å². The second-order valence-electron chi connectivity index (χ2n) is 14.1. The molecule has 0 saturated heterocycles. The molecule has 0 fully saturated rings. The van der Waals surface area contributed by atoms with E-state index in [2.05, 4.69) is 146 Å². The predicted molar refractivity (Wildman–Crippen MR) is 187 cm³/mol. The molecule has 228 valence electrons. The van der Waals surface area contributed by atoms with Gasteiger partial charge < -0.3 is 19.9 Å². The number of rotatable bonds is 2. The number of H-pyrrole nitrogens is 4. The third-order valence-corrected chi connectivity index (χ3v) is 10.8. The summed E-state index contributed by atoms with van der Waals surface area (Å²) in [7, 11) is 0. The first-order valence-corrected chi connectivity index (χ1v) is 15.9. The van der Waals surface area contributed by atoms with Crippen molar-refractivity contribution in [2.75, 3.05) is 0 Å². The first-order valence-electron chi connectivity index (χ1n) is 15.9. The van der Waals surface area contributed by atoms with Gasteiger partial charge in [-0.2, -0.15) is 0 Å². The molecule has 0 unspecified atom stereocenters. The number of fused-ring (bicyclic) bond motifs is 8. The van der Waals surface area contributed by atoms with Crippen LogP contribution < -0.4 is 0 Å². The van der Waals surface area contributed by atoms with Crippen LogP contribution in [-0.2, 0) is 21.7 Å². The molecule has 1 aliphatic heterocycles. The molecule has 0 radical (unpaired) electrons. The maximum Gasteiger partial charge on any atom is 0.0723 e. The maximum absolute atomic E-state index is 5.73. The Hall–Kier alpha value is -5.32. The van der Waals surface area contributed by atoms with Gasteiger partial charge in [0.15, 0.2) is 0 Å². The van der Waals surface area contributed by atoms with Gasteiger partial charge >= 0.3 is 0 Å². The molecule has 5 heterocycles. The first-order chi connectivity index (χ1) is 21.9. The fourth-order valence-corrected chi connectivity index (χ4v) is 7.21. The molecule has 0 amide bonds. The van der Waals surface area contributed by atoms with Crippen molar-refractivity contribution in [3.8, 4) is 24.7 Å². The van der Waals surface area contributed by atoms with Crippen molar-refractivity contribution in [1.29, 1.82) is 0 Å². The molecule has 0 atom stereocenters. The molecule has 0 aliphatic carbocycles. The predicted octanol–water partition coefficient (Wildman–Crippen LogP) is 8.64.